The Balaban J connectivity index is 0.782. The van der Waals surface area contributed by atoms with Crippen LogP contribution in [0.4, 0.5) is 20.6 Å². The highest BCUT2D eigenvalue weighted by Crippen LogP contribution is 2.39. The number of aromatic nitrogens is 5. The molecule has 3 fully saturated rings. The third kappa shape index (κ3) is 8.85. The number of piperidine rings is 2. The molecule has 0 bridgehead atoms. The Morgan fingerprint density at radius 1 is 0.922 bits per heavy atom. The topological polar surface area (TPSA) is 165 Å². The second kappa shape index (κ2) is 17.2. The molecule has 3 N–H and O–H groups in total. The fraction of sp³-hybridized carbons (Fsp3) is 0.408. The second-order valence-corrected chi connectivity index (χ2v) is 18.7. The number of halogens is 1. The van der Waals surface area contributed by atoms with Gasteiger partial charge in [0.05, 0.1) is 6.04 Å². The van der Waals surface area contributed by atoms with E-state index in [-0.39, 0.29) is 29.3 Å². The zero-order chi connectivity index (χ0) is 44.8. The molecule has 0 radical (unpaired) electrons. The van der Waals surface area contributed by atoms with Crippen LogP contribution in [0.2, 0.25) is 0 Å². The van der Waals surface area contributed by atoms with Crippen LogP contribution < -0.4 is 20.4 Å². The summed E-state index contributed by atoms with van der Waals surface area (Å²) in [6.07, 6.45) is 5.21. The zero-order valence-corrected chi connectivity index (χ0v) is 37.1. The summed E-state index contributed by atoms with van der Waals surface area (Å²) in [5, 5.41) is 17.9. The number of benzene rings is 3. The van der Waals surface area contributed by atoms with Gasteiger partial charge in [0.15, 0.2) is 11.5 Å². The van der Waals surface area contributed by atoms with Gasteiger partial charge in [0.2, 0.25) is 5.91 Å². The minimum Gasteiger partial charge on any atom is -0.372 e. The molecule has 3 aliphatic rings. The first kappa shape index (κ1) is 42.8. The van der Waals surface area contributed by atoms with Crippen LogP contribution in [-0.2, 0) is 15.9 Å². The van der Waals surface area contributed by atoms with Crippen molar-refractivity contribution in [2.75, 3.05) is 49.1 Å². The molecule has 15 heteroatoms. The molecular formula is C49H55FN10O4. The van der Waals surface area contributed by atoms with Gasteiger partial charge in [-0.15, -0.1) is 0 Å². The van der Waals surface area contributed by atoms with Gasteiger partial charge in [-0.2, -0.15) is 10.1 Å². The van der Waals surface area contributed by atoms with Crippen LogP contribution in [0.15, 0.2) is 83.5 Å². The van der Waals surface area contributed by atoms with Crippen molar-refractivity contribution in [3.05, 3.63) is 107 Å². The summed E-state index contributed by atoms with van der Waals surface area (Å²) in [7, 11) is 0. The number of carbonyl (C=O) groups is 3. The van der Waals surface area contributed by atoms with Crippen molar-refractivity contribution in [2.24, 2.45) is 5.92 Å². The lowest BCUT2D eigenvalue weighted by Gasteiger charge is -2.40. The van der Waals surface area contributed by atoms with Gasteiger partial charge in [-0.25, -0.2) is 14.2 Å². The molecule has 4 amide bonds. The van der Waals surface area contributed by atoms with Gasteiger partial charge in [0.1, 0.15) is 11.4 Å². The SMILES string of the molecule is Cc1cc(-c2n[nH]c3ncc(-c4ccc(C5(F)CCN(CC6CCN(c7ccc(N8CCC(=O)NC8=O)cc7)CC6)CC5)cc4)cc23)ccc1C(C)NC(=O)c1nc(C(C)(C)C)no1. The standard InChI is InChI=1S/C49H55FN10O4/c1-30-26-34(8-15-39(30)31(2)52-44(62)45-54-46(57-64-45)48(3,4)5)42-40-27-35(28-51-43(40)56-55-42)33-6-9-36(10-7-33)49(50)19-24-58(25-20-49)29-32-16-21-59(22-17-32)37-11-13-38(14-12-37)60-23-18-41(61)53-47(60)63/h6-15,26-28,31-32H,16-25,29H2,1-5H3,(H,52,62)(H,51,55,56)(H,53,61,63). The number of imide groups is 1. The Hall–Kier alpha value is -6.48. The number of amides is 4. The number of aryl methyl sites for hydroxylation is 1. The van der Waals surface area contributed by atoms with E-state index in [4.69, 9.17) is 4.52 Å². The van der Waals surface area contributed by atoms with E-state index >= 15 is 4.39 Å². The highest BCUT2D eigenvalue weighted by atomic mass is 19.1. The average Bonchev–Trinajstić information content (AvgIpc) is 3.97. The number of likely N-dealkylation sites (tertiary alicyclic amines) is 1. The number of hydrogen-bond donors (Lipinski definition) is 3. The minimum atomic E-state index is -1.37. The van der Waals surface area contributed by atoms with Crippen molar-refractivity contribution >= 4 is 40.3 Å². The molecule has 3 aliphatic heterocycles. The van der Waals surface area contributed by atoms with E-state index in [1.807, 2.05) is 89.3 Å². The maximum atomic E-state index is 16.6. The number of hydrogen-bond acceptors (Lipinski definition) is 10. The van der Waals surface area contributed by atoms with Crippen molar-refractivity contribution in [2.45, 2.75) is 83.8 Å². The Bertz CT molecular complexity index is 2670. The molecule has 1 atom stereocenters. The third-order valence-electron chi connectivity index (χ3n) is 13.2. The third-order valence-corrected chi connectivity index (χ3v) is 13.2. The number of anilines is 2. The fourth-order valence-electron chi connectivity index (χ4n) is 9.28. The van der Waals surface area contributed by atoms with E-state index in [1.54, 1.807) is 4.90 Å². The number of urea groups is 1. The molecule has 0 spiro atoms. The van der Waals surface area contributed by atoms with Crippen LogP contribution in [0.25, 0.3) is 33.4 Å². The molecule has 6 heterocycles. The Morgan fingerprint density at radius 2 is 1.62 bits per heavy atom. The molecule has 3 aromatic heterocycles. The number of nitrogens with one attached hydrogen (secondary N) is 3. The van der Waals surface area contributed by atoms with Crippen molar-refractivity contribution in [1.82, 2.24) is 40.9 Å². The summed E-state index contributed by atoms with van der Waals surface area (Å²) < 4.78 is 21.8. The normalized spacial score (nSPS) is 18.0. The first-order valence-corrected chi connectivity index (χ1v) is 22.3. The molecule has 0 saturated carbocycles. The summed E-state index contributed by atoms with van der Waals surface area (Å²) in [6, 6.07) is 23.3. The Morgan fingerprint density at radius 3 is 2.30 bits per heavy atom. The quantitative estimate of drug-likeness (QED) is 0.122. The molecular weight excluding hydrogens is 812 g/mol. The van der Waals surface area contributed by atoms with Gasteiger partial charge in [0.25, 0.3) is 0 Å². The molecule has 3 aromatic carbocycles. The molecule has 14 nitrogen and oxygen atoms in total. The van der Waals surface area contributed by atoms with E-state index in [2.05, 4.69) is 70.0 Å². The van der Waals surface area contributed by atoms with E-state index in [9.17, 15) is 14.4 Å². The lowest BCUT2D eigenvalue weighted by molar-refractivity contribution is -0.120. The van der Waals surface area contributed by atoms with Crippen LogP contribution in [0, 0.1) is 12.8 Å². The van der Waals surface area contributed by atoms with Gasteiger partial charge in [-0.3, -0.25) is 24.9 Å². The summed E-state index contributed by atoms with van der Waals surface area (Å²) in [5.74, 6) is 0.318. The first-order chi connectivity index (χ1) is 30.7. The van der Waals surface area contributed by atoms with Crippen LogP contribution in [0.1, 0.15) is 99.0 Å². The van der Waals surface area contributed by atoms with Gasteiger partial charge in [-0.1, -0.05) is 62.3 Å². The zero-order valence-electron chi connectivity index (χ0n) is 37.1. The largest absolute Gasteiger partial charge is 0.372 e. The van der Waals surface area contributed by atoms with Crippen LogP contribution in [0.5, 0.6) is 0 Å². The number of rotatable bonds is 10. The number of H-pyrrole nitrogens is 1. The van der Waals surface area contributed by atoms with Crippen molar-refractivity contribution in [1.29, 1.82) is 0 Å². The predicted octanol–water partition coefficient (Wildman–Crippen LogP) is 8.40. The lowest BCUT2D eigenvalue weighted by Crippen LogP contribution is -2.49. The van der Waals surface area contributed by atoms with E-state index in [0.29, 0.717) is 43.2 Å². The van der Waals surface area contributed by atoms with E-state index in [1.165, 1.54) is 0 Å². The molecule has 9 rings (SSSR count). The fourth-order valence-corrected chi connectivity index (χ4v) is 9.28. The smallest absolute Gasteiger partial charge is 0.328 e. The van der Waals surface area contributed by atoms with E-state index < -0.39 is 11.6 Å². The molecule has 332 valence electrons. The Labute approximate surface area is 372 Å². The number of carbonyl (C=O) groups excluding carboxylic acids is 3. The second-order valence-electron chi connectivity index (χ2n) is 18.7. The maximum absolute atomic E-state index is 16.6. The number of fused-ring (bicyclic) bond motifs is 1. The summed E-state index contributed by atoms with van der Waals surface area (Å²) in [4.78, 5) is 52.1. The molecule has 1 unspecified atom stereocenters. The number of nitrogens with zero attached hydrogens (tertiary/aromatic N) is 7. The van der Waals surface area contributed by atoms with Gasteiger partial charge < -0.3 is 19.6 Å². The van der Waals surface area contributed by atoms with Crippen molar-refractivity contribution in [3.63, 3.8) is 0 Å². The predicted molar refractivity (Wildman–Crippen MR) is 244 cm³/mol. The van der Waals surface area contributed by atoms with Gasteiger partial charge in [0, 0.05) is 85.2 Å². The molecule has 0 aliphatic carbocycles. The van der Waals surface area contributed by atoms with Gasteiger partial charge >= 0.3 is 17.8 Å². The molecule has 64 heavy (non-hydrogen) atoms. The van der Waals surface area contributed by atoms with Gasteiger partial charge in [-0.05, 0) is 104 Å². The summed E-state index contributed by atoms with van der Waals surface area (Å²) in [5.41, 5.74) is 7.09. The van der Waals surface area contributed by atoms with Crippen LogP contribution in [-0.4, -0.2) is 87.3 Å². The van der Waals surface area contributed by atoms with Crippen LogP contribution >= 0.6 is 0 Å². The minimum absolute atomic E-state index is 0.0627. The number of pyridine rings is 1. The Kier molecular flexibility index (Phi) is 11.5. The molecule has 6 aromatic rings. The highest BCUT2D eigenvalue weighted by molar-refractivity contribution is 6.05. The van der Waals surface area contributed by atoms with E-state index in [0.717, 1.165) is 101 Å². The monoisotopic (exact) mass is 866 g/mol. The highest BCUT2D eigenvalue weighted by Gasteiger charge is 2.37. The van der Waals surface area contributed by atoms with Crippen molar-refractivity contribution in [3.8, 4) is 22.4 Å². The number of alkyl halides is 1. The first-order valence-electron chi connectivity index (χ1n) is 22.3. The molecule has 3 saturated heterocycles. The average molecular weight is 867 g/mol. The lowest BCUT2D eigenvalue weighted by atomic mass is 9.84. The summed E-state index contributed by atoms with van der Waals surface area (Å²) >= 11 is 0. The van der Waals surface area contributed by atoms with Crippen LogP contribution in [0.3, 0.4) is 0 Å². The maximum Gasteiger partial charge on any atom is 0.328 e. The van der Waals surface area contributed by atoms with Crippen molar-refractivity contribution < 1.29 is 23.3 Å². The number of aromatic amines is 1. The summed E-state index contributed by atoms with van der Waals surface area (Å²) in [6.45, 7) is 14.5.